The smallest absolute Gasteiger partial charge is 0.247 e. The summed E-state index contributed by atoms with van der Waals surface area (Å²) in [7, 11) is 1.53. The highest BCUT2D eigenvalue weighted by Crippen LogP contribution is 2.16. The highest BCUT2D eigenvalue weighted by molar-refractivity contribution is 5.98. The van der Waals surface area contributed by atoms with Crippen LogP contribution in [0.1, 0.15) is 48.7 Å². The second kappa shape index (κ2) is 10.3. The normalized spacial score (nSPS) is 11.6. The number of ketones is 1. The summed E-state index contributed by atoms with van der Waals surface area (Å²) in [6.45, 7) is 3.71. The van der Waals surface area contributed by atoms with Crippen molar-refractivity contribution in [2.45, 2.75) is 38.8 Å². The summed E-state index contributed by atoms with van der Waals surface area (Å²) in [6, 6.07) is 15.0. The van der Waals surface area contributed by atoms with Crippen molar-refractivity contribution in [2.75, 3.05) is 7.11 Å². The van der Waals surface area contributed by atoms with E-state index in [0.29, 0.717) is 16.9 Å². The van der Waals surface area contributed by atoms with E-state index in [1.165, 1.54) is 7.11 Å². The zero-order valence-electron chi connectivity index (χ0n) is 16.4. The summed E-state index contributed by atoms with van der Waals surface area (Å²) < 4.78 is 5.11. The van der Waals surface area contributed by atoms with Gasteiger partial charge in [0, 0.05) is 24.4 Å². The second-order valence-corrected chi connectivity index (χ2v) is 6.73. The first-order valence-electron chi connectivity index (χ1n) is 9.22. The van der Waals surface area contributed by atoms with E-state index in [0.717, 1.165) is 0 Å². The van der Waals surface area contributed by atoms with E-state index in [1.54, 1.807) is 36.4 Å². The molecule has 0 aliphatic carbocycles. The molecule has 148 valence electrons. The minimum atomic E-state index is -0.803. The molecule has 1 atom stereocenters. The fourth-order valence-electron chi connectivity index (χ4n) is 2.71. The molecule has 28 heavy (non-hydrogen) atoms. The molecule has 0 aliphatic rings. The average Bonchev–Trinajstić information content (AvgIpc) is 2.70. The van der Waals surface area contributed by atoms with Crippen molar-refractivity contribution in [1.82, 2.24) is 10.6 Å². The first kappa shape index (κ1) is 21.2. The highest BCUT2D eigenvalue weighted by Gasteiger charge is 2.23. The zero-order chi connectivity index (χ0) is 20.5. The average molecular weight is 382 g/mol. The van der Waals surface area contributed by atoms with Gasteiger partial charge in [0.1, 0.15) is 11.8 Å². The molecule has 2 amide bonds. The Morgan fingerprint density at radius 3 is 2.29 bits per heavy atom. The van der Waals surface area contributed by atoms with E-state index < -0.39 is 6.04 Å². The molecule has 0 aromatic heterocycles. The monoisotopic (exact) mass is 382 g/mol. The van der Waals surface area contributed by atoms with Gasteiger partial charge in [0.15, 0.2) is 5.78 Å². The van der Waals surface area contributed by atoms with Crippen molar-refractivity contribution in [3.8, 4) is 5.75 Å². The molecule has 0 aliphatic heterocycles. The third-order valence-electron chi connectivity index (χ3n) is 4.10. The standard InChI is InChI=1S/C22H26N2O4/c1-15(2)23-22(27)21(16-8-5-4-6-9-16)24-20(26)13-12-19(25)17-10-7-11-18(14-17)28-3/h4-11,14-15,21H,12-13H2,1-3H3,(H,23,27)(H,24,26). The van der Waals surface area contributed by atoms with Gasteiger partial charge in [-0.15, -0.1) is 0 Å². The maximum absolute atomic E-state index is 12.5. The van der Waals surface area contributed by atoms with Crippen LogP contribution < -0.4 is 15.4 Å². The zero-order valence-corrected chi connectivity index (χ0v) is 16.4. The Morgan fingerprint density at radius 2 is 1.64 bits per heavy atom. The molecule has 1 unspecified atom stereocenters. The van der Waals surface area contributed by atoms with Crippen LogP contribution in [-0.2, 0) is 9.59 Å². The molecule has 2 aromatic carbocycles. The number of Topliss-reactive ketones (excluding diaryl/α,β-unsaturated/α-hetero) is 1. The van der Waals surface area contributed by atoms with Gasteiger partial charge in [-0.3, -0.25) is 14.4 Å². The van der Waals surface area contributed by atoms with Crippen molar-refractivity contribution >= 4 is 17.6 Å². The highest BCUT2D eigenvalue weighted by atomic mass is 16.5. The number of amides is 2. The maximum atomic E-state index is 12.5. The first-order chi connectivity index (χ1) is 13.4. The van der Waals surface area contributed by atoms with Gasteiger partial charge in [-0.2, -0.15) is 0 Å². The lowest BCUT2D eigenvalue weighted by molar-refractivity contribution is -0.129. The Kier molecular flexibility index (Phi) is 7.75. The molecule has 0 fully saturated rings. The molecule has 0 saturated carbocycles. The summed E-state index contributed by atoms with van der Waals surface area (Å²) >= 11 is 0. The number of rotatable bonds is 9. The third-order valence-corrected chi connectivity index (χ3v) is 4.10. The lowest BCUT2D eigenvalue weighted by Gasteiger charge is -2.20. The van der Waals surface area contributed by atoms with Gasteiger partial charge < -0.3 is 15.4 Å². The topological polar surface area (TPSA) is 84.5 Å². The lowest BCUT2D eigenvalue weighted by atomic mass is 10.0. The van der Waals surface area contributed by atoms with Gasteiger partial charge in [-0.05, 0) is 31.5 Å². The largest absolute Gasteiger partial charge is 0.497 e. The molecule has 0 heterocycles. The molecule has 0 saturated heterocycles. The number of nitrogens with one attached hydrogen (secondary N) is 2. The molecular formula is C22H26N2O4. The van der Waals surface area contributed by atoms with E-state index in [4.69, 9.17) is 4.74 Å². The molecule has 6 nitrogen and oxygen atoms in total. The fraction of sp³-hybridized carbons (Fsp3) is 0.318. The third kappa shape index (κ3) is 6.23. The minimum absolute atomic E-state index is 0.00562. The van der Waals surface area contributed by atoms with Crippen LogP contribution in [0.5, 0.6) is 5.75 Å². The second-order valence-electron chi connectivity index (χ2n) is 6.73. The van der Waals surface area contributed by atoms with Crippen molar-refractivity contribution in [3.05, 3.63) is 65.7 Å². The van der Waals surface area contributed by atoms with Crippen molar-refractivity contribution in [2.24, 2.45) is 0 Å². The van der Waals surface area contributed by atoms with Crippen LogP contribution >= 0.6 is 0 Å². The van der Waals surface area contributed by atoms with Crippen LogP contribution in [0.15, 0.2) is 54.6 Å². The maximum Gasteiger partial charge on any atom is 0.247 e. The predicted octanol–water partition coefficient (Wildman–Crippen LogP) is 3.04. The summed E-state index contributed by atoms with van der Waals surface area (Å²) in [5, 5.41) is 5.56. The van der Waals surface area contributed by atoms with Crippen LogP contribution in [0.4, 0.5) is 0 Å². The molecule has 0 radical (unpaired) electrons. The van der Waals surface area contributed by atoms with E-state index in [1.807, 2.05) is 32.0 Å². The van der Waals surface area contributed by atoms with Gasteiger partial charge in [-0.25, -0.2) is 0 Å². The number of carbonyl (C=O) groups excluding carboxylic acids is 3. The Balaban J connectivity index is 2.01. The number of methoxy groups -OCH3 is 1. The number of ether oxygens (including phenoxy) is 1. The van der Waals surface area contributed by atoms with Gasteiger partial charge in [0.2, 0.25) is 11.8 Å². The summed E-state index contributed by atoms with van der Waals surface area (Å²) in [5.74, 6) is -0.209. The van der Waals surface area contributed by atoms with E-state index in [9.17, 15) is 14.4 Å². The van der Waals surface area contributed by atoms with E-state index in [2.05, 4.69) is 10.6 Å². The van der Waals surface area contributed by atoms with Crippen LogP contribution in [0.25, 0.3) is 0 Å². The van der Waals surface area contributed by atoms with Crippen LogP contribution in [0.2, 0.25) is 0 Å². The minimum Gasteiger partial charge on any atom is -0.497 e. The van der Waals surface area contributed by atoms with Gasteiger partial charge in [0.25, 0.3) is 0 Å². The fourth-order valence-corrected chi connectivity index (χ4v) is 2.71. The molecule has 2 aromatic rings. The molecule has 2 N–H and O–H groups in total. The summed E-state index contributed by atoms with van der Waals surface area (Å²) in [5.41, 5.74) is 1.18. The Hall–Kier alpha value is -3.15. The van der Waals surface area contributed by atoms with Gasteiger partial charge >= 0.3 is 0 Å². The quantitative estimate of drug-likeness (QED) is 0.653. The Bertz CT molecular complexity index is 818. The van der Waals surface area contributed by atoms with E-state index in [-0.39, 0.29) is 36.5 Å². The first-order valence-corrected chi connectivity index (χ1v) is 9.22. The number of benzene rings is 2. The molecule has 0 spiro atoms. The SMILES string of the molecule is COc1cccc(C(=O)CCC(=O)NC(C(=O)NC(C)C)c2ccccc2)c1. The number of carbonyl (C=O) groups is 3. The van der Waals surface area contributed by atoms with Crippen LogP contribution in [-0.4, -0.2) is 30.7 Å². The van der Waals surface area contributed by atoms with Gasteiger partial charge in [-0.1, -0.05) is 42.5 Å². The Morgan fingerprint density at radius 1 is 0.929 bits per heavy atom. The summed E-state index contributed by atoms with van der Waals surface area (Å²) in [6.07, 6.45) is 0.0423. The van der Waals surface area contributed by atoms with Crippen LogP contribution in [0, 0.1) is 0 Å². The van der Waals surface area contributed by atoms with Crippen molar-refractivity contribution in [1.29, 1.82) is 0 Å². The molecule has 6 heteroatoms. The number of hydrogen-bond donors (Lipinski definition) is 2. The molecule has 0 bridgehead atoms. The van der Waals surface area contributed by atoms with E-state index >= 15 is 0 Å². The van der Waals surface area contributed by atoms with Gasteiger partial charge in [0.05, 0.1) is 7.11 Å². The predicted molar refractivity (Wildman–Crippen MR) is 107 cm³/mol. The number of hydrogen-bond acceptors (Lipinski definition) is 4. The molecule has 2 rings (SSSR count). The van der Waals surface area contributed by atoms with Crippen molar-refractivity contribution in [3.63, 3.8) is 0 Å². The van der Waals surface area contributed by atoms with Crippen LogP contribution in [0.3, 0.4) is 0 Å². The summed E-state index contributed by atoms with van der Waals surface area (Å²) in [4.78, 5) is 37.3. The Labute approximate surface area is 165 Å². The van der Waals surface area contributed by atoms with Crippen molar-refractivity contribution < 1.29 is 19.1 Å². The lowest BCUT2D eigenvalue weighted by Crippen LogP contribution is -2.42. The molecular weight excluding hydrogens is 356 g/mol.